The topological polar surface area (TPSA) is 94.1 Å². The van der Waals surface area contributed by atoms with E-state index < -0.39 is 0 Å². The van der Waals surface area contributed by atoms with Crippen LogP contribution in [0, 0.1) is 11.8 Å². The molecule has 3 fully saturated rings. The average Bonchev–Trinajstić information content (AvgIpc) is 3.32. The summed E-state index contributed by atoms with van der Waals surface area (Å²) in [6, 6.07) is 11.4. The maximum absolute atomic E-state index is 14.1. The van der Waals surface area contributed by atoms with Crippen molar-refractivity contribution in [3.63, 3.8) is 0 Å². The highest BCUT2D eigenvalue weighted by molar-refractivity contribution is 5.93. The molecule has 5 N–H and O–H groups in total. The number of para-hydroxylation sites is 1. The Balaban J connectivity index is 1.14. The molecule has 0 atom stereocenters. The van der Waals surface area contributed by atoms with Crippen LogP contribution in [0.15, 0.2) is 30.3 Å². The average molecular weight is 626 g/mol. The Kier molecular flexibility index (Phi) is 15.4. The lowest BCUT2D eigenvalue weighted by molar-refractivity contribution is -0.134. The van der Waals surface area contributed by atoms with E-state index >= 15 is 0 Å². The Morgan fingerprint density at radius 1 is 0.844 bits per heavy atom. The second-order valence-electron chi connectivity index (χ2n) is 14.5. The number of unbranched alkanes of at least 4 members (excludes halogenated alkanes) is 6. The van der Waals surface area contributed by atoms with Gasteiger partial charge in [-0.15, -0.1) is 0 Å². The molecule has 1 aromatic rings. The van der Waals surface area contributed by atoms with Gasteiger partial charge in [0, 0.05) is 70.6 Å². The van der Waals surface area contributed by atoms with Crippen LogP contribution in [-0.2, 0) is 4.79 Å². The molecule has 256 valence electrons. The summed E-state index contributed by atoms with van der Waals surface area (Å²) in [5.41, 5.74) is 12.2. The first-order valence-corrected chi connectivity index (χ1v) is 18.7. The van der Waals surface area contributed by atoms with E-state index in [0.717, 1.165) is 90.1 Å². The van der Waals surface area contributed by atoms with Crippen molar-refractivity contribution in [3.05, 3.63) is 30.3 Å². The van der Waals surface area contributed by atoms with Crippen molar-refractivity contribution in [2.75, 3.05) is 77.0 Å². The highest BCUT2D eigenvalue weighted by Gasteiger charge is 2.54. The number of amides is 1. The predicted molar refractivity (Wildman–Crippen MR) is 189 cm³/mol. The summed E-state index contributed by atoms with van der Waals surface area (Å²) in [6.07, 6.45) is 16.0. The van der Waals surface area contributed by atoms with Crippen molar-refractivity contribution in [3.8, 4) is 0 Å². The fraction of sp³-hybridized carbons (Fsp3) is 0.811. The first-order valence-electron chi connectivity index (χ1n) is 18.7. The number of rotatable bonds is 20. The fourth-order valence-electron chi connectivity index (χ4n) is 8.26. The van der Waals surface area contributed by atoms with Gasteiger partial charge < -0.3 is 31.5 Å². The molecule has 0 aromatic heterocycles. The van der Waals surface area contributed by atoms with Gasteiger partial charge in [0.15, 0.2) is 0 Å². The molecule has 1 aromatic carbocycles. The van der Waals surface area contributed by atoms with Gasteiger partial charge >= 0.3 is 0 Å². The summed E-state index contributed by atoms with van der Waals surface area (Å²) in [5, 5.41) is 3.58. The quantitative estimate of drug-likeness (QED) is 0.178. The number of nitrogens with two attached hydrogens (primary N) is 2. The lowest BCUT2D eigenvalue weighted by Crippen LogP contribution is -2.58. The zero-order chi connectivity index (χ0) is 31.9. The van der Waals surface area contributed by atoms with Gasteiger partial charge in [-0.3, -0.25) is 9.69 Å². The van der Waals surface area contributed by atoms with Crippen LogP contribution in [-0.4, -0.2) is 104 Å². The first kappa shape index (κ1) is 36.1. The zero-order valence-electron chi connectivity index (χ0n) is 28.9. The molecule has 8 heteroatoms. The number of hydrogen-bond donors (Lipinski definition) is 3. The zero-order valence-corrected chi connectivity index (χ0v) is 28.9. The van der Waals surface area contributed by atoms with Crippen LogP contribution in [0.4, 0.5) is 5.69 Å². The molecule has 2 saturated heterocycles. The van der Waals surface area contributed by atoms with E-state index in [0.29, 0.717) is 25.0 Å². The highest BCUT2D eigenvalue weighted by Crippen LogP contribution is 2.41. The minimum Gasteiger partial charge on any atom is -0.339 e. The molecule has 0 radical (unpaired) electrons. The molecule has 45 heavy (non-hydrogen) atoms. The molecular weight excluding hydrogens is 558 g/mol. The fourth-order valence-corrected chi connectivity index (χ4v) is 8.26. The molecule has 1 amide bonds. The largest absolute Gasteiger partial charge is 0.339 e. The van der Waals surface area contributed by atoms with Crippen molar-refractivity contribution in [1.29, 1.82) is 0 Å². The maximum atomic E-state index is 14.1. The van der Waals surface area contributed by atoms with Crippen LogP contribution in [0.1, 0.15) is 97.3 Å². The Hall–Kier alpha value is -1.71. The van der Waals surface area contributed by atoms with Crippen LogP contribution in [0.25, 0.3) is 0 Å². The van der Waals surface area contributed by atoms with Crippen molar-refractivity contribution >= 4 is 11.6 Å². The lowest BCUT2D eigenvalue weighted by Gasteiger charge is -2.47. The van der Waals surface area contributed by atoms with Gasteiger partial charge in [-0.1, -0.05) is 64.2 Å². The number of benzene rings is 1. The van der Waals surface area contributed by atoms with E-state index in [1.165, 1.54) is 69.9 Å². The summed E-state index contributed by atoms with van der Waals surface area (Å²) in [7, 11) is 0. The Morgan fingerprint density at radius 2 is 1.47 bits per heavy atom. The number of piperidine rings is 1. The van der Waals surface area contributed by atoms with Crippen molar-refractivity contribution in [1.82, 2.24) is 20.0 Å². The molecule has 2 aliphatic heterocycles. The summed E-state index contributed by atoms with van der Waals surface area (Å²) in [4.78, 5) is 23.8. The monoisotopic (exact) mass is 626 g/mol. The molecule has 2 heterocycles. The van der Waals surface area contributed by atoms with Gasteiger partial charge in [0.1, 0.15) is 5.54 Å². The van der Waals surface area contributed by atoms with E-state index in [2.05, 4.69) is 69.1 Å². The molecule has 4 rings (SSSR count). The molecule has 1 aliphatic carbocycles. The van der Waals surface area contributed by atoms with Gasteiger partial charge in [-0.2, -0.15) is 0 Å². The minimum absolute atomic E-state index is 0.367. The van der Waals surface area contributed by atoms with Gasteiger partial charge in [0.25, 0.3) is 0 Å². The molecule has 1 spiro atoms. The number of carbonyl (C=O) groups excluding carboxylic acids is 1. The molecule has 1 saturated carbocycles. The van der Waals surface area contributed by atoms with Crippen molar-refractivity contribution in [2.45, 2.75) is 109 Å². The lowest BCUT2D eigenvalue weighted by atomic mass is 9.78. The Bertz CT molecular complexity index is 937. The number of nitrogens with one attached hydrogen (secondary N) is 1. The molecular formula is C37H67N7O. The van der Waals surface area contributed by atoms with Gasteiger partial charge in [-0.05, 0) is 81.9 Å². The maximum Gasteiger partial charge on any atom is 0.250 e. The Labute approximate surface area is 275 Å². The van der Waals surface area contributed by atoms with Crippen LogP contribution in [0.5, 0.6) is 0 Å². The minimum atomic E-state index is -0.367. The van der Waals surface area contributed by atoms with E-state index in [1.807, 2.05) is 0 Å². The summed E-state index contributed by atoms with van der Waals surface area (Å²) in [6.45, 7) is 14.9. The summed E-state index contributed by atoms with van der Waals surface area (Å²) < 4.78 is 0. The van der Waals surface area contributed by atoms with Crippen molar-refractivity contribution in [2.24, 2.45) is 23.3 Å². The first-order chi connectivity index (χ1) is 22.0. The smallest absolute Gasteiger partial charge is 0.250 e. The van der Waals surface area contributed by atoms with Gasteiger partial charge in [0.2, 0.25) is 5.91 Å². The third-order valence-corrected chi connectivity index (χ3v) is 11.2. The van der Waals surface area contributed by atoms with E-state index in [-0.39, 0.29) is 5.54 Å². The summed E-state index contributed by atoms with van der Waals surface area (Å²) >= 11 is 0. The number of nitrogens with zero attached hydrogens (tertiary/aromatic N) is 4. The highest BCUT2D eigenvalue weighted by atomic mass is 16.2. The molecule has 8 nitrogen and oxygen atoms in total. The Morgan fingerprint density at radius 3 is 2.09 bits per heavy atom. The van der Waals surface area contributed by atoms with Crippen molar-refractivity contribution < 1.29 is 4.79 Å². The number of carbonyl (C=O) groups is 1. The standard InChI is InChI=1S/C37H67N7O/c1-32(2)33-15-17-34(18-16-33)42-26-19-37(20-27-42)36(45)43(31-44(37)35-13-9-8-10-14-35)25-12-7-5-3-4-6-11-23-40-24-30-41(28-21-38)29-22-39/h8-10,13-14,32-34,40H,3-7,11-12,15-31,38-39H2,1-2H3. The molecule has 0 bridgehead atoms. The predicted octanol–water partition coefficient (Wildman–Crippen LogP) is 4.88. The SMILES string of the molecule is CC(C)C1CCC(N2CCC3(CC2)C(=O)N(CCCCCCCCCNCCN(CCN)CCN)CN3c2ccccc2)CC1. The van der Waals surface area contributed by atoms with Gasteiger partial charge in [0.05, 0.1) is 6.67 Å². The number of anilines is 1. The van der Waals surface area contributed by atoms with Crippen LogP contribution in [0.2, 0.25) is 0 Å². The third kappa shape index (κ3) is 10.4. The summed E-state index contributed by atoms with van der Waals surface area (Å²) in [5.74, 6) is 2.09. The number of hydrogen-bond acceptors (Lipinski definition) is 7. The van der Waals surface area contributed by atoms with E-state index in [4.69, 9.17) is 11.5 Å². The van der Waals surface area contributed by atoms with Crippen LogP contribution < -0.4 is 21.7 Å². The molecule has 3 aliphatic rings. The normalized spacial score (nSPS) is 22.4. The molecule has 0 unspecified atom stereocenters. The van der Waals surface area contributed by atoms with Crippen LogP contribution >= 0.6 is 0 Å². The van der Waals surface area contributed by atoms with E-state index in [1.54, 1.807) is 0 Å². The van der Waals surface area contributed by atoms with Crippen LogP contribution in [0.3, 0.4) is 0 Å². The van der Waals surface area contributed by atoms with Gasteiger partial charge in [-0.25, -0.2) is 0 Å². The van der Waals surface area contributed by atoms with E-state index in [9.17, 15) is 4.79 Å². The number of likely N-dealkylation sites (tertiary alicyclic amines) is 1. The third-order valence-electron chi connectivity index (χ3n) is 11.2. The second-order valence-corrected chi connectivity index (χ2v) is 14.5. The second kappa shape index (κ2) is 19.2.